The number of hydrogen-bond acceptors (Lipinski definition) is 3. The molecule has 0 aromatic heterocycles. The predicted molar refractivity (Wildman–Crippen MR) is 56.4 cm³/mol. The largest absolute Gasteiger partial charge is 0.347 e. The minimum Gasteiger partial charge on any atom is -0.347 e. The summed E-state index contributed by atoms with van der Waals surface area (Å²) in [6.45, 7) is 1.93. The Bertz CT molecular complexity index is 398. The molecule has 2 fully saturated rings. The lowest BCUT2D eigenvalue weighted by Crippen LogP contribution is -2.50. The van der Waals surface area contributed by atoms with Gasteiger partial charge in [0.2, 0.25) is 0 Å². The van der Waals surface area contributed by atoms with Crippen molar-refractivity contribution >= 4 is 0 Å². The molecule has 3 rings (SSSR count). The fourth-order valence-corrected chi connectivity index (χ4v) is 2.58. The lowest BCUT2D eigenvalue weighted by molar-refractivity contribution is -0.0269. The van der Waals surface area contributed by atoms with Crippen molar-refractivity contribution in [3.05, 3.63) is 35.6 Å². The van der Waals surface area contributed by atoms with E-state index in [2.05, 4.69) is 5.32 Å². The van der Waals surface area contributed by atoms with E-state index >= 15 is 0 Å². The molecule has 16 heavy (non-hydrogen) atoms. The first-order chi connectivity index (χ1) is 7.81. The zero-order valence-corrected chi connectivity index (χ0v) is 8.91. The van der Waals surface area contributed by atoms with E-state index in [4.69, 9.17) is 9.47 Å². The van der Waals surface area contributed by atoms with Gasteiger partial charge in [-0.2, -0.15) is 0 Å². The zero-order valence-electron chi connectivity index (χ0n) is 8.91. The highest BCUT2D eigenvalue weighted by Gasteiger charge is 2.48. The Labute approximate surface area is 93.6 Å². The molecule has 0 unspecified atom stereocenters. The van der Waals surface area contributed by atoms with Crippen LogP contribution in [0.1, 0.15) is 12.0 Å². The van der Waals surface area contributed by atoms with Crippen LogP contribution in [-0.2, 0) is 15.1 Å². The van der Waals surface area contributed by atoms with E-state index in [9.17, 15) is 4.39 Å². The van der Waals surface area contributed by atoms with Crippen molar-refractivity contribution in [2.75, 3.05) is 19.9 Å². The monoisotopic (exact) mass is 223 g/mol. The van der Waals surface area contributed by atoms with Crippen molar-refractivity contribution in [3.8, 4) is 0 Å². The summed E-state index contributed by atoms with van der Waals surface area (Å²) in [5.41, 5.74) is 0.435. The summed E-state index contributed by atoms with van der Waals surface area (Å²) in [4.78, 5) is 0. The van der Waals surface area contributed by atoms with Crippen LogP contribution in [0.25, 0.3) is 0 Å². The normalized spacial score (nSPS) is 33.7. The molecule has 1 aromatic rings. The lowest BCUT2D eigenvalue weighted by Gasteiger charge is -2.37. The van der Waals surface area contributed by atoms with Gasteiger partial charge in [-0.1, -0.05) is 12.1 Å². The highest BCUT2D eigenvalue weighted by atomic mass is 19.1. The summed E-state index contributed by atoms with van der Waals surface area (Å²) in [5, 5.41) is 3.27. The van der Waals surface area contributed by atoms with Crippen molar-refractivity contribution in [1.29, 1.82) is 0 Å². The third-order valence-electron chi connectivity index (χ3n) is 3.42. The van der Waals surface area contributed by atoms with E-state index in [1.165, 1.54) is 6.07 Å². The molecule has 2 saturated heterocycles. The number of piperidine rings is 1. The van der Waals surface area contributed by atoms with Gasteiger partial charge in [0, 0.05) is 6.54 Å². The van der Waals surface area contributed by atoms with Gasteiger partial charge in [0.25, 0.3) is 0 Å². The minimum absolute atomic E-state index is 0.0111. The van der Waals surface area contributed by atoms with Crippen LogP contribution in [0.3, 0.4) is 0 Å². The molecule has 2 aliphatic rings. The van der Waals surface area contributed by atoms with Gasteiger partial charge < -0.3 is 14.8 Å². The predicted octanol–water partition coefficient (Wildman–Crippen LogP) is 1.39. The van der Waals surface area contributed by atoms with Crippen LogP contribution in [-0.4, -0.2) is 26.0 Å². The molecule has 3 nitrogen and oxygen atoms in total. The average molecular weight is 223 g/mol. The topological polar surface area (TPSA) is 30.5 Å². The molecule has 1 N–H and O–H groups in total. The molecule has 0 aliphatic carbocycles. The minimum atomic E-state index is -0.451. The van der Waals surface area contributed by atoms with Crippen molar-refractivity contribution in [2.45, 2.75) is 18.1 Å². The van der Waals surface area contributed by atoms with Crippen LogP contribution in [0.5, 0.6) is 0 Å². The number of rotatable bonds is 1. The number of fused-ring (bicyclic) bond motifs is 1. The smallest absolute Gasteiger partial charge is 0.148 e. The highest BCUT2D eigenvalue weighted by Crippen LogP contribution is 2.40. The van der Waals surface area contributed by atoms with E-state index in [0.29, 0.717) is 6.79 Å². The fourth-order valence-electron chi connectivity index (χ4n) is 2.58. The molecule has 2 heterocycles. The molecule has 86 valence electrons. The summed E-state index contributed by atoms with van der Waals surface area (Å²) in [6.07, 6.45) is 0.809. The van der Waals surface area contributed by atoms with Gasteiger partial charge in [0.15, 0.2) is 0 Å². The molecule has 2 aliphatic heterocycles. The first-order valence-electron chi connectivity index (χ1n) is 5.54. The Morgan fingerprint density at radius 3 is 3.25 bits per heavy atom. The van der Waals surface area contributed by atoms with Gasteiger partial charge in [-0.3, -0.25) is 0 Å². The SMILES string of the molecule is Fc1cccc([C@@]23CCNC[C@@H]2OCO3)c1. The number of hydrogen-bond donors (Lipinski definition) is 1. The summed E-state index contributed by atoms with van der Waals surface area (Å²) in [6, 6.07) is 6.63. The van der Waals surface area contributed by atoms with E-state index in [1.807, 2.05) is 6.07 Å². The first kappa shape index (κ1) is 10.2. The summed E-state index contributed by atoms with van der Waals surface area (Å²) in [5.74, 6) is -0.223. The van der Waals surface area contributed by atoms with E-state index < -0.39 is 5.60 Å². The Morgan fingerprint density at radius 2 is 2.38 bits per heavy atom. The fraction of sp³-hybridized carbons (Fsp3) is 0.500. The third kappa shape index (κ3) is 1.45. The van der Waals surface area contributed by atoms with Crippen molar-refractivity contribution < 1.29 is 13.9 Å². The molecular weight excluding hydrogens is 209 g/mol. The maximum absolute atomic E-state index is 13.3. The lowest BCUT2D eigenvalue weighted by atomic mass is 9.83. The third-order valence-corrected chi connectivity index (χ3v) is 3.42. The van der Waals surface area contributed by atoms with Crippen LogP contribution in [0.15, 0.2) is 24.3 Å². The second-order valence-electron chi connectivity index (χ2n) is 4.27. The van der Waals surface area contributed by atoms with E-state index in [-0.39, 0.29) is 11.9 Å². The second kappa shape index (κ2) is 3.80. The first-order valence-corrected chi connectivity index (χ1v) is 5.54. The molecule has 1 aromatic carbocycles. The van der Waals surface area contributed by atoms with Crippen LogP contribution >= 0.6 is 0 Å². The van der Waals surface area contributed by atoms with Crippen LogP contribution in [0.4, 0.5) is 4.39 Å². The van der Waals surface area contributed by atoms with Crippen molar-refractivity contribution in [2.24, 2.45) is 0 Å². The second-order valence-corrected chi connectivity index (χ2v) is 4.27. The van der Waals surface area contributed by atoms with Gasteiger partial charge in [-0.05, 0) is 30.7 Å². The highest BCUT2D eigenvalue weighted by molar-refractivity contribution is 5.27. The van der Waals surface area contributed by atoms with Gasteiger partial charge >= 0.3 is 0 Å². The standard InChI is InChI=1S/C12H14FNO2/c13-10-3-1-2-9(6-10)12-4-5-14-7-11(12)15-8-16-12/h1-3,6,11,14H,4-5,7-8H2/t11-,12-/m0/s1. The van der Waals surface area contributed by atoms with Crippen LogP contribution < -0.4 is 5.32 Å². The molecule has 0 amide bonds. The average Bonchev–Trinajstić information content (AvgIpc) is 2.73. The number of halogens is 1. The van der Waals surface area contributed by atoms with Gasteiger partial charge in [-0.15, -0.1) is 0 Å². The van der Waals surface area contributed by atoms with Crippen LogP contribution in [0, 0.1) is 5.82 Å². The maximum Gasteiger partial charge on any atom is 0.148 e. The Morgan fingerprint density at radius 1 is 1.44 bits per heavy atom. The number of benzene rings is 1. The number of ether oxygens (including phenoxy) is 2. The quantitative estimate of drug-likeness (QED) is 0.780. The van der Waals surface area contributed by atoms with E-state index in [0.717, 1.165) is 25.1 Å². The Hall–Kier alpha value is -0.970. The molecule has 2 atom stereocenters. The summed E-state index contributed by atoms with van der Waals surface area (Å²) in [7, 11) is 0. The van der Waals surface area contributed by atoms with Crippen molar-refractivity contribution in [1.82, 2.24) is 5.32 Å². The Kier molecular flexibility index (Phi) is 2.42. The molecule has 0 saturated carbocycles. The van der Waals surface area contributed by atoms with Gasteiger partial charge in [0.05, 0.1) is 0 Å². The van der Waals surface area contributed by atoms with Crippen molar-refractivity contribution in [3.63, 3.8) is 0 Å². The summed E-state index contributed by atoms with van der Waals surface area (Å²) < 4.78 is 24.6. The molecular formula is C12H14FNO2. The molecule has 0 radical (unpaired) electrons. The molecule has 4 heteroatoms. The van der Waals surface area contributed by atoms with Gasteiger partial charge in [0.1, 0.15) is 24.3 Å². The zero-order chi connectivity index (χ0) is 11.0. The van der Waals surface area contributed by atoms with Crippen LogP contribution in [0.2, 0.25) is 0 Å². The number of nitrogens with one attached hydrogen (secondary N) is 1. The summed E-state index contributed by atoms with van der Waals surface area (Å²) >= 11 is 0. The van der Waals surface area contributed by atoms with Gasteiger partial charge in [-0.25, -0.2) is 4.39 Å². The molecule has 0 bridgehead atoms. The van der Waals surface area contributed by atoms with E-state index in [1.54, 1.807) is 12.1 Å². The Balaban J connectivity index is 2.02. The molecule has 0 spiro atoms. The maximum atomic E-state index is 13.3.